The summed E-state index contributed by atoms with van der Waals surface area (Å²) in [6, 6.07) is 0.582. The zero-order valence-electron chi connectivity index (χ0n) is 9.75. The quantitative estimate of drug-likeness (QED) is 0.740. The first-order valence-electron chi connectivity index (χ1n) is 4.83. The van der Waals surface area contributed by atoms with Gasteiger partial charge in [0.15, 0.2) is 8.24 Å². The van der Waals surface area contributed by atoms with Gasteiger partial charge in [-0.05, 0) is 11.1 Å². The second-order valence-corrected chi connectivity index (χ2v) is 10.0. The van der Waals surface area contributed by atoms with Crippen LogP contribution in [0.5, 0.6) is 0 Å². The summed E-state index contributed by atoms with van der Waals surface area (Å²) in [7, 11) is -2.42. The summed E-state index contributed by atoms with van der Waals surface area (Å²) in [4.78, 5) is 13.1. The summed E-state index contributed by atoms with van der Waals surface area (Å²) < 4.78 is 36.3. The maximum absolute atomic E-state index is 12.1. The fraction of sp³-hybridized carbons (Fsp3) is 0.889. The Labute approximate surface area is 89.3 Å². The van der Waals surface area contributed by atoms with Gasteiger partial charge in [0.25, 0.3) is 0 Å². The van der Waals surface area contributed by atoms with Crippen molar-refractivity contribution in [2.45, 2.75) is 51.5 Å². The van der Waals surface area contributed by atoms with Crippen LogP contribution in [0.25, 0.3) is 0 Å². The lowest BCUT2D eigenvalue weighted by Gasteiger charge is -2.39. The average molecular weight is 241 g/mol. The fourth-order valence-corrected chi connectivity index (χ4v) is 3.38. The monoisotopic (exact) mass is 241 g/mol. The van der Waals surface area contributed by atoms with E-state index in [1.54, 1.807) is 6.55 Å². The third-order valence-corrected chi connectivity index (χ3v) is 8.51. The maximum atomic E-state index is 12.1. The SMILES string of the molecule is CC[Si](C)(NC(=O)C(F)(F)F)C(C)(C)C. The Bertz CT molecular complexity index is 247. The number of halogens is 3. The molecule has 0 saturated heterocycles. The molecule has 0 fully saturated rings. The molecule has 6 heteroatoms. The number of carbonyl (C=O) groups excluding carboxylic acids is 1. The molecule has 0 saturated carbocycles. The van der Waals surface area contributed by atoms with Gasteiger partial charge in [0.05, 0.1) is 0 Å². The predicted octanol–water partition coefficient (Wildman–Crippen LogP) is 3.06. The summed E-state index contributed by atoms with van der Waals surface area (Å²) in [5.41, 5.74) is 0. The molecule has 1 atom stereocenters. The minimum Gasteiger partial charge on any atom is -0.374 e. The van der Waals surface area contributed by atoms with Crippen LogP contribution >= 0.6 is 0 Å². The first-order valence-corrected chi connectivity index (χ1v) is 7.54. The summed E-state index contributed by atoms with van der Waals surface area (Å²) in [6.07, 6.45) is -4.78. The molecule has 0 heterocycles. The van der Waals surface area contributed by atoms with Crippen LogP contribution in [0.3, 0.4) is 0 Å². The first-order chi connectivity index (χ1) is 6.44. The van der Waals surface area contributed by atoms with Crippen molar-refractivity contribution < 1.29 is 18.0 Å². The molecule has 1 N–H and O–H groups in total. The van der Waals surface area contributed by atoms with Crippen molar-refractivity contribution in [2.75, 3.05) is 0 Å². The molecule has 0 rings (SSSR count). The van der Waals surface area contributed by atoms with Crippen LogP contribution in [0.15, 0.2) is 0 Å². The second kappa shape index (κ2) is 4.15. The number of amides is 1. The number of nitrogens with one attached hydrogen (secondary N) is 1. The van der Waals surface area contributed by atoms with Crippen LogP contribution in [-0.2, 0) is 4.79 Å². The molecule has 0 aromatic rings. The minimum atomic E-state index is -4.78. The number of rotatable bonds is 2. The number of alkyl halides is 3. The number of hydrogen-bond donors (Lipinski definition) is 1. The highest BCUT2D eigenvalue weighted by molar-refractivity contribution is 6.80. The van der Waals surface area contributed by atoms with Crippen LogP contribution in [0.2, 0.25) is 17.6 Å². The molecule has 0 aromatic heterocycles. The molecule has 15 heavy (non-hydrogen) atoms. The van der Waals surface area contributed by atoms with Gasteiger partial charge in [-0.3, -0.25) is 4.79 Å². The van der Waals surface area contributed by atoms with Gasteiger partial charge >= 0.3 is 12.1 Å². The highest BCUT2D eigenvalue weighted by atomic mass is 28.3. The molecule has 0 aliphatic heterocycles. The molecule has 0 radical (unpaired) electrons. The molecule has 0 aliphatic rings. The zero-order chi connectivity index (χ0) is 12.5. The van der Waals surface area contributed by atoms with Gasteiger partial charge in [-0.2, -0.15) is 13.2 Å². The van der Waals surface area contributed by atoms with Crippen molar-refractivity contribution in [1.29, 1.82) is 0 Å². The van der Waals surface area contributed by atoms with Crippen LogP contribution in [-0.4, -0.2) is 20.3 Å². The van der Waals surface area contributed by atoms with E-state index in [9.17, 15) is 18.0 Å². The first kappa shape index (κ1) is 14.5. The van der Waals surface area contributed by atoms with E-state index in [0.717, 1.165) is 0 Å². The Balaban J connectivity index is 4.83. The lowest BCUT2D eigenvalue weighted by atomic mass is 10.2. The van der Waals surface area contributed by atoms with Crippen molar-refractivity contribution >= 4 is 14.1 Å². The number of hydrogen-bond acceptors (Lipinski definition) is 1. The topological polar surface area (TPSA) is 29.1 Å². The van der Waals surface area contributed by atoms with Gasteiger partial charge < -0.3 is 4.98 Å². The van der Waals surface area contributed by atoms with E-state index in [-0.39, 0.29) is 5.04 Å². The molecule has 1 unspecified atom stereocenters. The highest BCUT2D eigenvalue weighted by Crippen LogP contribution is 2.37. The van der Waals surface area contributed by atoms with Gasteiger partial charge in [0, 0.05) is 0 Å². The van der Waals surface area contributed by atoms with Gasteiger partial charge in [-0.15, -0.1) is 0 Å². The lowest BCUT2D eigenvalue weighted by Crippen LogP contribution is -2.59. The maximum Gasteiger partial charge on any atom is 0.470 e. The van der Waals surface area contributed by atoms with E-state index < -0.39 is 20.3 Å². The molecular weight excluding hydrogens is 223 g/mol. The van der Waals surface area contributed by atoms with Crippen molar-refractivity contribution in [3.63, 3.8) is 0 Å². The molecule has 90 valence electrons. The van der Waals surface area contributed by atoms with Crippen molar-refractivity contribution in [2.24, 2.45) is 0 Å². The summed E-state index contributed by atoms with van der Waals surface area (Å²) in [5.74, 6) is -1.81. The normalized spacial score (nSPS) is 17.1. The van der Waals surface area contributed by atoms with E-state index >= 15 is 0 Å². The van der Waals surface area contributed by atoms with Crippen LogP contribution in [0, 0.1) is 0 Å². The highest BCUT2D eigenvalue weighted by Gasteiger charge is 2.47. The lowest BCUT2D eigenvalue weighted by molar-refractivity contribution is -0.171. The number of carbonyl (C=O) groups is 1. The van der Waals surface area contributed by atoms with Crippen molar-refractivity contribution in [1.82, 2.24) is 4.98 Å². The zero-order valence-corrected chi connectivity index (χ0v) is 10.7. The summed E-state index contributed by atoms with van der Waals surface area (Å²) in [5, 5.41) is -0.289. The molecule has 1 amide bonds. The molecular formula is C9H18F3NOSi. The summed E-state index contributed by atoms with van der Waals surface area (Å²) >= 11 is 0. The Kier molecular flexibility index (Phi) is 4.01. The van der Waals surface area contributed by atoms with E-state index in [1.165, 1.54) is 0 Å². The van der Waals surface area contributed by atoms with Crippen LogP contribution in [0.1, 0.15) is 27.7 Å². The molecule has 0 bridgehead atoms. The van der Waals surface area contributed by atoms with E-state index in [4.69, 9.17) is 0 Å². The third-order valence-electron chi connectivity index (χ3n) is 3.01. The van der Waals surface area contributed by atoms with Crippen LogP contribution < -0.4 is 4.98 Å². The molecule has 0 aliphatic carbocycles. The van der Waals surface area contributed by atoms with Gasteiger partial charge in [0.1, 0.15) is 0 Å². The smallest absolute Gasteiger partial charge is 0.374 e. The Morgan fingerprint density at radius 2 is 1.67 bits per heavy atom. The Morgan fingerprint density at radius 1 is 1.27 bits per heavy atom. The largest absolute Gasteiger partial charge is 0.470 e. The van der Waals surface area contributed by atoms with Gasteiger partial charge in [-0.1, -0.05) is 34.2 Å². The average Bonchev–Trinajstić information content (AvgIpc) is 2.00. The summed E-state index contributed by atoms with van der Waals surface area (Å²) in [6.45, 7) is 9.16. The molecule has 2 nitrogen and oxygen atoms in total. The second-order valence-electron chi connectivity index (χ2n) is 4.89. The van der Waals surface area contributed by atoms with Crippen molar-refractivity contribution in [3.05, 3.63) is 0 Å². The molecule has 0 spiro atoms. The van der Waals surface area contributed by atoms with Gasteiger partial charge in [0.2, 0.25) is 0 Å². The van der Waals surface area contributed by atoms with E-state index in [0.29, 0.717) is 6.04 Å². The predicted molar refractivity (Wildman–Crippen MR) is 56.0 cm³/mol. The van der Waals surface area contributed by atoms with E-state index in [2.05, 4.69) is 4.98 Å². The molecule has 0 aromatic carbocycles. The van der Waals surface area contributed by atoms with E-state index in [1.807, 2.05) is 27.7 Å². The van der Waals surface area contributed by atoms with Crippen LogP contribution in [0.4, 0.5) is 13.2 Å². The minimum absolute atomic E-state index is 0.289. The standard InChI is InChI=1S/C9H18F3NOSi/c1-6-15(5,8(2,3)4)13-7(14)9(10,11)12/h6H2,1-5H3,(H,13,14). The fourth-order valence-electron chi connectivity index (χ4n) is 1.13. The Morgan fingerprint density at radius 3 is 1.87 bits per heavy atom. The third kappa shape index (κ3) is 3.51. The van der Waals surface area contributed by atoms with Gasteiger partial charge in [-0.25, -0.2) is 0 Å². The van der Waals surface area contributed by atoms with Crippen molar-refractivity contribution in [3.8, 4) is 0 Å². The Hall–Kier alpha value is -0.523.